The van der Waals surface area contributed by atoms with Gasteiger partial charge in [0, 0.05) is 33.3 Å². The second kappa shape index (κ2) is 5.99. The fraction of sp³-hybridized carbons (Fsp3) is 0.538. The number of piperazine rings is 1. The summed E-state index contributed by atoms with van der Waals surface area (Å²) >= 11 is 0. The molecule has 3 heteroatoms. The third-order valence-electron chi connectivity index (χ3n) is 3.10. The third kappa shape index (κ3) is 2.82. The average Bonchev–Trinajstić information content (AvgIpc) is 2.38. The highest BCUT2D eigenvalue weighted by atomic mass is 16.5. The molecule has 0 bridgehead atoms. The molecule has 1 atom stereocenters. The van der Waals surface area contributed by atoms with E-state index in [0.717, 1.165) is 32.8 Å². The molecule has 0 radical (unpaired) electrons. The Morgan fingerprint density at radius 3 is 2.56 bits per heavy atom. The van der Waals surface area contributed by atoms with Gasteiger partial charge in [-0.05, 0) is 5.56 Å². The van der Waals surface area contributed by atoms with Crippen molar-refractivity contribution < 1.29 is 4.74 Å². The van der Waals surface area contributed by atoms with Gasteiger partial charge in [0.25, 0.3) is 0 Å². The molecule has 0 aliphatic carbocycles. The first-order chi connectivity index (χ1) is 7.92. The van der Waals surface area contributed by atoms with Crippen molar-refractivity contribution in [2.75, 3.05) is 39.9 Å². The first kappa shape index (κ1) is 11.6. The molecule has 0 unspecified atom stereocenters. The Kier molecular flexibility index (Phi) is 4.34. The molecule has 0 amide bonds. The number of nitrogens with zero attached hydrogens (tertiary/aromatic N) is 1. The number of methoxy groups -OCH3 is 1. The summed E-state index contributed by atoms with van der Waals surface area (Å²) in [6.45, 7) is 5.12. The summed E-state index contributed by atoms with van der Waals surface area (Å²) in [7, 11) is 1.78. The fourth-order valence-corrected chi connectivity index (χ4v) is 2.24. The third-order valence-corrected chi connectivity index (χ3v) is 3.10. The predicted octanol–water partition coefficient (Wildman–Crippen LogP) is 1.28. The van der Waals surface area contributed by atoms with Crippen LogP contribution in [-0.2, 0) is 4.74 Å². The Bertz CT molecular complexity index is 296. The highest BCUT2D eigenvalue weighted by Gasteiger charge is 2.21. The van der Waals surface area contributed by atoms with Gasteiger partial charge in [-0.1, -0.05) is 30.3 Å². The van der Waals surface area contributed by atoms with Crippen molar-refractivity contribution in [2.45, 2.75) is 6.04 Å². The maximum atomic E-state index is 5.35. The van der Waals surface area contributed by atoms with E-state index in [0.29, 0.717) is 6.04 Å². The molecule has 0 saturated carbocycles. The largest absolute Gasteiger partial charge is 0.383 e. The van der Waals surface area contributed by atoms with E-state index in [4.69, 9.17) is 4.74 Å². The number of nitrogens with one attached hydrogen (secondary N) is 1. The Balaban J connectivity index is 2.09. The van der Waals surface area contributed by atoms with E-state index in [9.17, 15) is 0 Å². The molecule has 1 saturated heterocycles. The van der Waals surface area contributed by atoms with E-state index in [1.54, 1.807) is 7.11 Å². The molecule has 88 valence electrons. The summed E-state index contributed by atoms with van der Waals surface area (Å²) in [5.41, 5.74) is 1.35. The monoisotopic (exact) mass is 220 g/mol. The molecule has 1 aliphatic rings. The minimum atomic E-state index is 0.397. The molecule has 16 heavy (non-hydrogen) atoms. The Morgan fingerprint density at radius 1 is 1.25 bits per heavy atom. The van der Waals surface area contributed by atoms with Gasteiger partial charge < -0.3 is 10.1 Å². The van der Waals surface area contributed by atoms with Gasteiger partial charge in [0.2, 0.25) is 0 Å². The van der Waals surface area contributed by atoms with Crippen LogP contribution in [0.15, 0.2) is 30.3 Å². The standard InChI is InChI=1S/C13H20N2O/c1-16-11-13(12-5-3-2-4-6-12)15-9-7-14-8-10-15/h2-6,13-14H,7-11H2,1H3/t13-/m0/s1. The van der Waals surface area contributed by atoms with Gasteiger partial charge in [0.05, 0.1) is 12.6 Å². The first-order valence-electron chi connectivity index (χ1n) is 5.90. The normalized spacial score (nSPS) is 19.6. The zero-order valence-corrected chi connectivity index (χ0v) is 9.86. The van der Waals surface area contributed by atoms with Crippen LogP contribution in [0.25, 0.3) is 0 Å². The van der Waals surface area contributed by atoms with Crippen molar-refractivity contribution >= 4 is 0 Å². The topological polar surface area (TPSA) is 24.5 Å². The summed E-state index contributed by atoms with van der Waals surface area (Å²) in [5, 5.41) is 3.38. The van der Waals surface area contributed by atoms with Crippen LogP contribution in [0.2, 0.25) is 0 Å². The van der Waals surface area contributed by atoms with Crippen molar-refractivity contribution in [3.63, 3.8) is 0 Å². The molecule has 1 aromatic rings. The van der Waals surface area contributed by atoms with Gasteiger partial charge in [-0.15, -0.1) is 0 Å². The Labute approximate surface area is 97.4 Å². The summed E-state index contributed by atoms with van der Waals surface area (Å²) in [6.07, 6.45) is 0. The smallest absolute Gasteiger partial charge is 0.0659 e. The molecule has 2 rings (SSSR count). The molecule has 1 N–H and O–H groups in total. The van der Waals surface area contributed by atoms with Crippen LogP contribution in [0.1, 0.15) is 11.6 Å². The van der Waals surface area contributed by atoms with Gasteiger partial charge in [-0.25, -0.2) is 0 Å². The quantitative estimate of drug-likeness (QED) is 0.827. The molecule has 0 spiro atoms. The second-order valence-electron chi connectivity index (χ2n) is 4.17. The van der Waals surface area contributed by atoms with Crippen LogP contribution in [0.5, 0.6) is 0 Å². The van der Waals surface area contributed by atoms with E-state index in [1.165, 1.54) is 5.56 Å². The van der Waals surface area contributed by atoms with Crippen LogP contribution < -0.4 is 5.32 Å². The van der Waals surface area contributed by atoms with Crippen LogP contribution in [0.4, 0.5) is 0 Å². The Morgan fingerprint density at radius 2 is 1.94 bits per heavy atom. The van der Waals surface area contributed by atoms with Crippen molar-refractivity contribution in [3.05, 3.63) is 35.9 Å². The fourth-order valence-electron chi connectivity index (χ4n) is 2.24. The van der Waals surface area contributed by atoms with Crippen molar-refractivity contribution in [3.8, 4) is 0 Å². The van der Waals surface area contributed by atoms with Gasteiger partial charge in [0.15, 0.2) is 0 Å². The summed E-state index contributed by atoms with van der Waals surface area (Å²) in [5.74, 6) is 0. The summed E-state index contributed by atoms with van der Waals surface area (Å²) in [6, 6.07) is 11.0. The number of benzene rings is 1. The minimum Gasteiger partial charge on any atom is -0.383 e. The Hall–Kier alpha value is -0.900. The lowest BCUT2D eigenvalue weighted by atomic mass is 10.1. The molecular formula is C13H20N2O. The second-order valence-corrected chi connectivity index (χ2v) is 4.17. The maximum absolute atomic E-state index is 5.35. The van der Waals surface area contributed by atoms with Gasteiger partial charge >= 0.3 is 0 Å². The molecule has 1 heterocycles. The highest BCUT2D eigenvalue weighted by molar-refractivity contribution is 5.19. The lowest BCUT2D eigenvalue weighted by molar-refractivity contribution is 0.0813. The van der Waals surface area contributed by atoms with E-state index in [2.05, 4.69) is 40.5 Å². The lowest BCUT2D eigenvalue weighted by Crippen LogP contribution is -2.46. The SMILES string of the molecule is COC[C@@H](c1ccccc1)N1CCNCC1. The molecule has 1 aliphatic heterocycles. The molecule has 0 aromatic heterocycles. The number of rotatable bonds is 4. The van der Waals surface area contributed by atoms with Gasteiger partial charge in [-0.3, -0.25) is 4.90 Å². The minimum absolute atomic E-state index is 0.397. The highest BCUT2D eigenvalue weighted by Crippen LogP contribution is 2.20. The lowest BCUT2D eigenvalue weighted by Gasteiger charge is -2.34. The van der Waals surface area contributed by atoms with Crippen LogP contribution in [0.3, 0.4) is 0 Å². The molecular weight excluding hydrogens is 200 g/mol. The zero-order valence-electron chi connectivity index (χ0n) is 9.86. The van der Waals surface area contributed by atoms with E-state index < -0.39 is 0 Å². The number of hydrogen-bond acceptors (Lipinski definition) is 3. The van der Waals surface area contributed by atoms with Gasteiger partial charge in [0.1, 0.15) is 0 Å². The van der Waals surface area contributed by atoms with Crippen molar-refractivity contribution in [1.82, 2.24) is 10.2 Å². The molecule has 1 aromatic carbocycles. The van der Waals surface area contributed by atoms with Gasteiger partial charge in [-0.2, -0.15) is 0 Å². The molecule has 3 nitrogen and oxygen atoms in total. The van der Waals surface area contributed by atoms with Crippen LogP contribution in [0, 0.1) is 0 Å². The van der Waals surface area contributed by atoms with Crippen molar-refractivity contribution in [2.24, 2.45) is 0 Å². The van der Waals surface area contributed by atoms with E-state index in [1.807, 2.05) is 0 Å². The number of hydrogen-bond donors (Lipinski definition) is 1. The van der Waals surface area contributed by atoms with Crippen LogP contribution in [-0.4, -0.2) is 44.8 Å². The van der Waals surface area contributed by atoms with E-state index >= 15 is 0 Å². The summed E-state index contributed by atoms with van der Waals surface area (Å²) < 4.78 is 5.35. The van der Waals surface area contributed by atoms with Crippen LogP contribution >= 0.6 is 0 Å². The van der Waals surface area contributed by atoms with Crippen molar-refractivity contribution in [1.29, 1.82) is 0 Å². The average molecular weight is 220 g/mol. The molecule has 1 fully saturated rings. The zero-order chi connectivity index (χ0) is 11.2. The first-order valence-corrected chi connectivity index (χ1v) is 5.90. The maximum Gasteiger partial charge on any atom is 0.0659 e. The predicted molar refractivity (Wildman–Crippen MR) is 65.5 cm³/mol. The summed E-state index contributed by atoms with van der Waals surface area (Å²) in [4.78, 5) is 2.50. The number of ether oxygens (including phenoxy) is 1. The van der Waals surface area contributed by atoms with E-state index in [-0.39, 0.29) is 0 Å².